The van der Waals surface area contributed by atoms with Crippen LogP contribution in [0, 0.1) is 0 Å². The van der Waals surface area contributed by atoms with Crippen molar-refractivity contribution in [3.63, 3.8) is 0 Å². The Bertz CT molecular complexity index is 1010. The highest BCUT2D eigenvalue weighted by atomic mass is 32.2. The number of carbonyl (C=O) groups is 6. The SMILES string of the molecule is CCN1CCN(C(=O)N[C@@H](C(=O)NC2C(=O)NC2SCCNC(C)=O)c2ccccc2)C(=O)C1=O. The first kappa shape index (κ1) is 26.0. The summed E-state index contributed by atoms with van der Waals surface area (Å²) in [5, 5.41) is 10.1. The number of urea groups is 1. The molecule has 2 unspecified atom stereocenters. The average molecular weight is 505 g/mol. The number of carbonyl (C=O) groups excluding carboxylic acids is 6. The lowest BCUT2D eigenvalue weighted by atomic mass is 10.0. The van der Waals surface area contributed by atoms with E-state index in [1.54, 1.807) is 37.3 Å². The van der Waals surface area contributed by atoms with Crippen molar-refractivity contribution in [3.8, 4) is 0 Å². The second-order valence-electron chi connectivity index (χ2n) is 7.90. The zero-order chi connectivity index (χ0) is 25.5. The molecule has 2 saturated heterocycles. The number of thioether (sulfide) groups is 1. The summed E-state index contributed by atoms with van der Waals surface area (Å²) < 4.78 is 0. The molecule has 2 heterocycles. The van der Waals surface area contributed by atoms with Crippen molar-refractivity contribution >= 4 is 47.3 Å². The van der Waals surface area contributed by atoms with Crippen LogP contribution in [-0.2, 0) is 24.0 Å². The Labute approximate surface area is 206 Å². The largest absolute Gasteiger partial charge is 0.356 e. The summed E-state index contributed by atoms with van der Waals surface area (Å²) in [6, 6.07) is 5.48. The molecular formula is C22H28N6O6S. The van der Waals surface area contributed by atoms with E-state index in [-0.39, 0.29) is 24.9 Å². The molecule has 13 heteroatoms. The van der Waals surface area contributed by atoms with Gasteiger partial charge in [0.15, 0.2) is 0 Å². The Kier molecular flexibility index (Phi) is 8.68. The van der Waals surface area contributed by atoms with Gasteiger partial charge in [-0.1, -0.05) is 30.3 Å². The Hall–Kier alpha value is -3.61. The van der Waals surface area contributed by atoms with Gasteiger partial charge in [-0.3, -0.25) is 28.9 Å². The minimum atomic E-state index is -1.20. The molecule has 0 saturated carbocycles. The van der Waals surface area contributed by atoms with Crippen LogP contribution >= 0.6 is 11.8 Å². The van der Waals surface area contributed by atoms with E-state index in [1.165, 1.54) is 23.6 Å². The summed E-state index contributed by atoms with van der Waals surface area (Å²) in [5.74, 6) is -2.38. The molecule has 35 heavy (non-hydrogen) atoms. The minimum Gasteiger partial charge on any atom is -0.356 e. The molecule has 2 fully saturated rings. The maximum atomic E-state index is 13.2. The monoisotopic (exact) mass is 504 g/mol. The molecule has 4 N–H and O–H groups in total. The number of benzene rings is 1. The van der Waals surface area contributed by atoms with E-state index in [0.29, 0.717) is 24.4 Å². The number of piperazine rings is 1. The highest BCUT2D eigenvalue weighted by molar-refractivity contribution is 8.00. The molecule has 2 aliphatic heterocycles. The Balaban J connectivity index is 1.67. The third-order valence-electron chi connectivity index (χ3n) is 5.54. The van der Waals surface area contributed by atoms with Crippen molar-refractivity contribution in [2.75, 3.05) is 31.9 Å². The van der Waals surface area contributed by atoms with Gasteiger partial charge in [-0.05, 0) is 12.5 Å². The Morgan fingerprint density at radius 1 is 1.11 bits per heavy atom. The summed E-state index contributed by atoms with van der Waals surface area (Å²) in [4.78, 5) is 75.8. The maximum absolute atomic E-state index is 13.2. The van der Waals surface area contributed by atoms with Crippen molar-refractivity contribution in [1.82, 2.24) is 31.1 Å². The predicted molar refractivity (Wildman–Crippen MR) is 127 cm³/mol. The summed E-state index contributed by atoms with van der Waals surface area (Å²) in [7, 11) is 0. The second kappa shape index (κ2) is 11.7. The molecule has 2 aliphatic rings. The number of hydrogen-bond acceptors (Lipinski definition) is 7. The molecule has 0 radical (unpaired) electrons. The minimum absolute atomic E-state index is 0.00538. The fourth-order valence-electron chi connectivity index (χ4n) is 3.60. The standard InChI is InChI=1S/C22H28N6O6S/c1-3-27-10-11-28(21(33)20(27)32)22(34)25-15(14-7-5-4-6-8-14)17(30)24-16-18(31)26-19(16)35-12-9-23-13(2)29/h4-8,15-16,19H,3,9-12H2,1-2H3,(H,23,29)(H,24,30)(H,25,34)(H,26,31)/t15-,16?,19?/m1/s1. The molecule has 0 aromatic heterocycles. The molecule has 7 amide bonds. The zero-order valence-electron chi connectivity index (χ0n) is 19.4. The highest BCUT2D eigenvalue weighted by Crippen LogP contribution is 2.21. The summed E-state index contributed by atoms with van der Waals surface area (Å²) in [6.45, 7) is 4.11. The van der Waals surface area contributed by atoms with Crippen LogP contribution in [-0.4, -0.2) is 88.7 Å². The highest BCUT2D eigenvalue weighted by Gasteiger charge is 2.42. The van der Waals surface area contributed by atoms with Crippen LogP contribution < -0.4 is 21.3 Å². The molecule has 1 aromatic rings. The first-order valence-electron chi connectivity index (χ1n) is 11.2. The molecule has 0 aliphatic carbocycles. The van der Waals surface area contributed by atoms with Crippen molar-refractivity contribution in [3.05, 3.63) is 35.9 Å². The van der Waals surface area contributed by atoms with Gasteiger partial charge in [0, 0.05) is 38.9 Å². The third kappa shape index (κ3) is 6.29. The summed E-state index contributed by atoms with van der Waals surface area (Å²) in [5.41, 5.74) is 0.443. The number of imide groups is 1. The van der Waals surface area contributed by atoms with Gasteiger partial charge in [0.1, 0.15) is 17.5 Å². The van der Waals surface area contributed by atoms with Gasteiger partial charge >= 0.3 is 17.8 Å². The lowest BCUT2D eigenvalue weighted by Gasteiger charge is -2.37. The fourth-order valence-corrected chi connectivity index (χ4v) is 4.66. The molecular weight excluding hydrogens is 476 g/mol. The van der Waals surface area contributed by atoms with Gasteiger partial charge in [-0.25, -0.2) is 4.79 Å². The van der Waals surface area contributed by atoms with E-state index < -0.39 is 41.2 Å². The second-order valence-corrected chi connectivity index (χ2v) is 9.15. The van der Waals surface area contributed by atoms with E-state index in [4.69, 9.17) is 0 Å². The van der Waals surface area contributed by atoms with Crippen LogP contribution in [0.15, 0.2) is 30.3 Å². The number of nitrogens with zero attached hydrogens (tertiary/aromatic N) is 2. The van der Waals surface area contributed by atoms with Crippen LogP contribution in [0.3, 0.4) is 0 Å². The smallest absolute Gasteiger partial charge is 0.325 e. The summed E-state index contributed by atoms with van der Waals surface area (Å²) >= 11 is 1.36. The van der Waals surface area contributed by atoms with Crippen LogP contribution in [0.2, 0.25) is 0 Å². The Morgan fingerprint density at radius 2 is 1.83 bits per heavy atom. The number of likely N-dealkylation sites (N-methyl/N-ethyl adjacent to an activating group) is 1. The fraction of sp³-hybridized carbons (Fsp3) is 0.455. The zero-order valence-corrected chi connectivity index (χ0v) is 20.2. The van der Waals surface area contributed by atoms with Crippen molar-refractivity contribution in [2.24, 2.45) is 0 Å². The van der Waals surface area contributed by atoms with Gasteiger partial charge in [0.05, 0.1) is 0 Å². The summed E-state index contributed by atoms with van der Waals surface area (Å²) in [6.07, 6.45) is 0. The topological polar surface area (TPSA) is 157 Å². The van der Waals surface area contributed by atoms with E-state index in [0.717, 1.165) is 4.90 Å². The van der Waals surface area contributed by atoms with Gasteiger partial charge in [0.25, 0.3) is 0 Å². The van der Waals surface area contributed by atoms with Gasteiger partial charge in [-0.15, -0.1) is 11.8 Å². The first-order valence-corrected chi connectivity index (χ1v) is 12.2. The van der Waals surface area contributed by atoms with Crippen molar-refractivity contribution < 1.29 is 28.8 Å². The lowest BCUT2D eigenvalue weighted by molar-refractivity contribution is -0.153. The molecule has 188 valence electrons. The van der Waals surface area contributed by atoms with E-state index in [9.17, 15) is 28.8 Å². The Morgan fingerprint density at radius 3 is 2.46 bits per heavy atom. The van der Waals surface area contributed by atoms with Crippen LogP contribution in [0.5, 0.6) is 0 Å². The maximum Gasteiger partial charge on any atom is 0.325 e. The number of amides is 7. The first-order chi connectivity index (χ1) is 16.7. The van der Waals surface area contributed by atoms with Gasteiger partial charge < -0.3 is 26.2 Å². The van der Waals surface area contributed by atoms with E-state index in [2.05, 4.69) is 21.3 Å². The molecule has 1 aromatic carbocycles. The van der Waals surface area contributed by atoms with E-state index in [1.807, 2.05) is 0 Å². The third-order valence-corrected chi connectivity index (χ3v) is 6.73. The van der Waals surface area contributed by atoms with Gasteiger partial charge in [0.2, 0.25) is 17.7 Å². The predicted octanol–water partition coefficient (Wildman–Crippen LogP) is -1.06. The molecule has 0 bridgehead atoms. The lowest BCUT2D eigenvalue weighted by Crippen LogP contribution is -2.68. The number of β-lactam (4-membered cyclic amide) rings is 1. The van der Waals surface area contributed by atoms with E-state index >= 15 is 0 Å². The number of hydrogen-bond donors (Lipinski definition) is 4. The molecule has 3 atom stereocenters. The van der Waals surface area contributed by atoms with Crippen LogP contribution in [0.4, 0.5) is 4.79 Å². The van der Waals surface area contributed by atoms with Crippen LogP contribution in [0.1, 0.15) is 25.5 Å². The van der Waals surface area contributed by atoms with Crippen molar-refractivity contribution in [2.45, 2.75) is 31.3 Å². The normalized spacial score (nSPS) is 20.5. The number of nitrogens with one attached hydrogen (secondary N) is 4. The molecule has 3 rings (SSSR count). The van der Waals surface area contributed by atoms with Crippen LogP contribution in [0.25, 0.3) is 0 Å². The van der Waals surface area contributed by atoms with Gasteiger partial charge in [-0.2, -0.15) is 0 Å². The number of rotatable bonds is 9. The molecule has 0 spiro atoms. The quantitative estimate of drug-likeness (QED) is 0.190. The molecule has 12 nitrogen and oxygen atoms in total. The average Bonchev–Trinajstić information content (AvgIpc) is 2.84. The van der Waals surface area contributed by atoms with Crippen molar-refractivity contribution in [1.29, 1.82) is 0 Å².